The van der Waals surface area contributed by atoms with Gasteiger partial charge in [0.25, 0.3) is 0 Å². The summed E-state index contributed by atoms with van der Waals surface area (Å²) in [5.74, 6) is 1.43. The van der Waals surface area contributed by atoms with E-state index in [0.29, 0.717) is 25.4 Å². The van der Waals surface area contributed by atoms with E-state index < -0.39 is 0 Å². The van der Waals surface area contributed by atoms with Crippen molar-refractivity contribution in [1.82, 2.24) is 5.32 Å². The fraction of sp³-hybridized carbons (Fsp3) is 0.292. The maximum absolute atomic E-state index is 12.5. The first-order chi connectivity index (χ1) is 13.6. The molecule has 0 aliphatic heterocycles. The van der Waals surface area contributed by atoms with Gasteiger partial charge < -0.3 is 14.8 Å². The molecule has 0 saturated carbocycles. The Morgan fingerprint density at radius 2 is 1.61 bits per heavy atom. The first kappa shape index (κ1) is 19.7. The highest BCUT2D eigenvalue weighted by atomic mass is 16.5. The van der Waals surface area contributed by atoms with Gasteiger partial charge in [0.2, 0.25) is 5.91 Å². The second-order valence-corrected chi connectivity index (χ2v) is 6.72. The average Bonchev–Trinajstić information content (AvgIpc) is 2.69. The van der Waals surface area contributed by atoms with E-state index in [4.69, 9.17) is 9.47 Å². The number of hydrogen-bond acceptors (Lipinski definition) is 3. The summed E-state index contributed by atoms with van der Waals surface area (Å²) < 4.78 is 11.3. The molecule has 28 heavy (non-hydrogen) atoms. The molecule has 0 bridgehead atoms. The third-order valence-electron chi connectivity index (χ3n) is 4.62. The molecule has 3 aromatic carbocycles. The summed E-state index contributed by atoms with van der Waals surface area (Å²) in [6.45, 7) is 7.00. The van der Waals surface area contributed by atoms with E-state index in [-0.39, 0.29) is 11.9 Å². The van der Waals surface area contributed by atoms with Gasteiger partial charge in [-0.1, -0.05) is 48.5 Å². The summed E-state index contributed by atoms with van der Waals surface area (Å²) in [6.07, 6.45) is 0.352. The second kappa shape index (κ2) is 9.27. The van der Waals surface area contributed by atoms with Gasteiger partial charge in [0.15, 0.2) is 11.5 Å². The van der Waals surface area contributed by atoms with Crippen molar-refractivity contribution in [3.63, 3.8) is 0 Å². The molecule has 0 saturated heterocycles. The predicted molar refractivity (Wildman–Crippen MR) is 113 cm³/mol. The van der Waals surface area contributed by atoms with Crippen LogP contribution in [0, 0.1) is 0 Å². The quantitative estimate of drug-likeness (QED) is 0.597. The van der Waals surface area contributed by atoms with E-state index in [9.17, 15) is 4.79 Å². The van der Waals surface area contributed by atoms with E-state index in [2.05, 4.69) is 29.6 Å². The van der Waals surface area contributed by atoms with E-state index >= 15 is 0 Å². The number of fused-ring (bicyclic) bond motifs is 1. The monoisotopic (exact) mass is 377 g/mol. The first-order valence-electron chi connectivity index (χ1n) is 9.77. The Labute approximate surface area is 166 Å². The average molecular weight is 377 g/mol. The minimum absolute atomic E-state index is 0.00498. The number of rotatable bonds is 8. The molecule has 0 radical (unpaired) electrons. The fourth-order valence-corrected chi connectivity index (χ4v) is 3.25. The zero-order chi connectivity index (χ0) is 19.9. The summed E-state index contributed by atoms with van der Waals surface area (Å²) in [4.78, 5) is 12.5. The highest BCUT2D eigenvalue weighted by Gasteiger charge is 2.14. The maximum atomic E-state index is 12.5. The first-order valence-corrected chi connectivity index (χ1v) is 9.77. The number of carbonyl (C=O) groups is 1. The second-order valence-electron chi connectivity index (χ2n) is 6.72. The van der Waals surface area contributed by atoms with Crippen LogP contribution in [0.2, 0.25) is 0 Å². The number of amides is 1. The van der Waals surface area contributed by atoms with Crippen LogP contribution in [0.15, 0.2) is 60.7 Å². The Hall–Kier alpha value is -3.01. The molecule has 4 heteroatoms. The van der Waals surface area contributed by atoms with Crippen molar-refractivity contribution in [2.24, 2.45) is 0 Å². The van der Waals surface area contributed by atoms with Crippen molar-refractivity contribution >= 4 is 16.7 Å². The van der Waals surface area contributed by atoms with E-state index in [0.717, 1.165) is 22.3 Å². The van der Waals surface area contributed by atoms with Gasteiger partial charge in [0, 0.05) is 0 Å². The number of hydrogen-bond donors (Lipinski definition) is 1. The van der Waals surface area contributed by atoms with Gasteiger partial charge >= 0.3 is 0 Å². The standard InChI is InChI=1S/C24H27NO3/c1-4-27-22-13-12-20(16-23(22)28-5-2)17(3)25-24(26)15-18-10-11-19-8-6-7-9-21(19)14-18/h6-14,16-17H,4-5,15H2,1-3H3,(H,25,26). The summed E-state index contributed by atoms with van der Waals surface area (Å²) in [5.41, 5.74) is 1.99. The van der Waals surface area contributed by atoms with Crippen LogP contribution in [-0.2, 0) is 11.2 Å². The SMILES string of the molecule is CCOc1ccc(C(C)NC(=O)Cc2ccc3ccccc3c2)cc1OCC. The molecular weight excluding hydrogens is 350 g/mol. The van der Waals surface area contributed by atoms with Crippen molar-refractivity contribution in [3.05, 3.63) is 71.8 Å². The van der Waals surface area contributed by atoms with Gasteiger partial charge in [-0.15, -0.1) is 0 Å². The highest BCUT2D eigenvalue weighted by molar-refractivity contribution is 5.85. The normalized spacial score (nSPS) is 11.8. The molecule has 1 atom stereocenters. The molecule has 0 aliphatic carbocycles. The van der Waals surface area contributed by atoms with Crippen LogP contribution in [0.1, 0.15) is 37.9 Å². The van der Waals surface area contributed by atoms with Crippen LogP contribution in [0.25, 0.3) is 10.8 Å². The summed E-state index contributed by atoms with van der Waals surface area (Å²) in [6, 6.07) is 20.0. The zero-order valence-corrected chi connectivity index (χ0v) is 16.7. The van der Waals surface area contributed by atoms with Crippen molar-refractivity contribution < 1.29 is 14.3 Å². The van der Waals surface area contributed by atoms with E-state index in [1.165, 1.54) is 5.39 Å². The predicted octanol–water partition coefficient (Wildman–Crippen LogP) is 5.06. The van der Waals surface area contributed by atoms with Gasteiger partial charge in [-0.25, -0.2) is 0 Å². The molecule has 0 aliphatic rings. The number of carbonyl (C=O) groups excluding carboxylic acids is 1. The smallest absolute Gasteiger partial charge is 0.224 e. The Morgan fingerprint density at radius 1 is 0.893 bits per heavy atom. The van der Waals surface area contributed by atoms with Gasteiger partial charge in [0.05, 0.1) is 25.7 Å². The minimum Gasteiger partial charge on any atom is -0.490 e. The Morgan fingerprint density at radius 3 is 2.36 bits per heavy atom. The lowest BCUT2D eigenvalue weighted by atomic mass is 10.0. The van der Waals surface area contributed by atoms with Gasteiger partial charge in [-0.05, 0) is 54.8 Å². The molecule has 3 rings (SSSR count). The molecule has 0 spiro atoms. The Bertz CT molecular complexity index is 951. The third kappa shape index (κ3) is 4.83. The largest absolute Gasteiger partial charge is 0.490 e. The van der Waals surface area contributed by atoms with Crippen LogP contribution in [0.3, 0.4) is 0 Å². The molecule has 4 nitrogen and oxygen atoms in total. The topological polar surface area (TPSA) is 47.6 Å². The van der Waals surface area contributed by atoms with Crippen LogP contribution in [0.4, 0.5) is 0 Å². The fourth-order valence-electron chi connectivity index (χ4n) is 3.25. The summed E-state index contributed by atoms with van der Waals surface area (Å²) in [5, 5.41) is 5.40. The molecule has 3 aromatic rings. The third-order valence-corrected chi connectivity index (χ3v) is 4.62. The summed E-state index contributed by atoms with van der Waals surface area (Å²) in [7, 11) is 0. The van der Waals surface area contributed by atoms with Crippen molar-refractivity contribution in [3.8, 4) is 11.5 Å². The van der Waals surface area contributed by atoms with Gasteiger partial charge in [-0.2, -0.15) is 0 Å². The Balaban J connectivity index is 1.68. The molecule has 1 unspecified atom stereocenters. The van der Waals surface area contributed by atoms with E-state index in [1.807, 2.05) is 57.2 Å². The molecule has 0 fully saturated rings. The highest BCUT2D eigenvalue weighted by Crippen LogP contribution is 2.30. The van der Waals surface area contributed by atoms with Crippen LogP contribution in [0.5, 0.6) is 11.5 Å². The molecular formula is C24H27NO3. The molecule has 1 amide bonds. The van der Waals surface area contributed by atoms with Crippen molar-refractivity contribution in [1.29, 1.82) is 0 Å². The van der Waals surface area contributed by atoms with Crippen LogP contribution >= 0.6 is 0 Å². The Kier molecular flexibility index (Phi) is 6.53. The number of benzene rings is 3. The molecule has 1 N–H and O–H groups in total. The van der Waals surface area contributed by atoms with Crippen molar-refractivity contribution in [2.75, 3.05) is 13.2 Å². The molecule has 146 valence electrons. The number of ether oxygens (including phenoxy) is 2. The van der Waals surface area contributed by atoms with E-state index in [1.54, 1.807) is 0 Å². The maximum Gasteiger partial charge on any atom is 0.224 e. The minimum atomic E-state index is -0.122. The lowest BCUT2D eigenvalue weighted by molar-refractivity contribution is -0.121. The van der Waals surface area contributed by atoms with Crippen LogP contribution in [-0.4, -0.2) is 19.1 Å². The zero-order valence-electron chi connectivity index (χ0n) is 16.7. The van der Waals surface area contributed by atoms with Gasteiger partial charge in [0.1, 0.15) is 0 Å². The number of nitrogens with one attached hydrogen (secondary N) is 1. The van der Waals surface area contributed by atoms with Crippen LogP contribution < -0.4 is 14.8 Å². The molecule has 0 heterocycles. The molecule has 0 aromatic heterocycles. The lowest BCUT2D eigenvalue weighted by Crippen LogP contribution is -2.28. The lowest BCUT2D eigenvalue weighted by Gasteiger charge is -2.17. The van der Waals surface area contributed by atoms with Crippen molar-refractivity contribution in [2.45, 2.75) is 33.2 Å². The van der Waals surface area contributed by atoms with Gasteiger partial charge in [-0.3, -0.25) is 4.79 Å². The summed E-state index contributed by atoms with van der Waals surface area (Å²) >= 11 is 0.